The molecule has 1 aromatic carbocycles. The third-order valence-electron chi connectivity index (χ3n) is 2.86. The Kier molecular flexibility index (Phi) is 4.38. The van der Waals surface area contributed by atoms with E-state index in [0.717, 1.165) is 0 Å². The van der Waals surface area contributed by atoms with E-state index in [9.17, 15) is 8.42 Å². The lowest BCUT2D eigenvalue weighted by Crippen LogP contribution is -2.06. The molecule has 0 radical (unpaired) electrons. The number of methoxy groups -OCH3 is 2. The van der Waals surface area contributed by atoms with Gasteiger partial charge in [-0.2, -0.15) is 0 Å². The lowest BCUT2D eigenvalue weighted by molar-refractivity contribution is 0.394. The minimum atomic E-state index is -3.97. The van der Waals surface area contributed by atoms with Crippen molar-refractivity contribution in [3.63, 3.8) is 0 Å². The smallest absolute Gasteiger partial charge is 0.296 e. The first-order valence-electron chi connectivity index (χ1n) is 6.02. The average molecular weight is 332 g/mol. The Morgan fingerprint density at radius 2 is 1.71 bits per heavy atom. The lowest BCUT2D eigenvalue weighted by atomic mass is 10.2. The molecule has 0 N–H and O–H groups in total. The van der Waals surface area contributed by atoms with Gasteiger partial charge >= 0.3 is 0 Å². The van der Waals surface area contributed by atoms with E-state index in [0.29, 0.717) is 29.4 Å². The van der Waals surface area contributed by atoms with E-state index in [-0.39, 0.29) is 5.16 Å². The molecule has 2 aromatic rings. The maximum atomic E-state index is 11.5. The SMILES string of the molecule is CCn1c(-c2cc(OC)cc(OC)c2)nnc1S(=O)(=O)Cl. The first kappa shape index (κ1) is 15.6. The van der Waals surface area contributed by atoms with Crippen LogP contribution >= 0.6 is 10.7 Å². The normalized spacial score (nSPS) is 11.4. The van der Waals surface area contributed by atoms with Crippen LogP contribution in [0.1, 0.15) is 6.92 Å². The van der Waals surface area contributed by atoms with E-state index in [2.05, 4.69) is 10.2 Å². The molecule has 0 amide bonds. The molecule has 0 aliphatic carbocycles. The number of halogens is 1. The van der Waals surface area contributed by atoms with E-state index in [1.807, 2.05) is 0 Å². The van der Waals surface area contributed by atoms with Gasteiger partial charge in [0.25, 0.3) is 14.2 Å². The Hall–Kier alpha value is -1.80. The lowest BCUT2D eigenvalue weighted by Gasteiger charge is -2.09. The Balaban J connectivity index is 2.65. The number of nitrogens with zero attached hydrogens (tertiary/aromatic N) is 3. The van der Waals surface area contributed by atoms with Crippen LogP contribution in [-0.2, 0) is 15.6 Å². The molecule has 0 bridgehead atoms. The van der Waals surface area contributed by atoms with Crippen molar-refractivity contribution in [3.8, 4) is 22.9 Å². The van der Waals surface area contributed by atoms with Crippen LogP contribution in [0.5, 0.6) is 11.5 Å². The Labute approximate surface area is 126 Å². The fourth-order valence-corrected chi connectivity index (χ4v) is 2.86. The van der Waals surface area contributed by atoms with E-state index in [1.54, 1.807) is 25.1 Å². The number of benzene rings is 1. The number of hydrogen-bond acceptors (Lipinski definition) is 6. The minimum Gasteiger partial charge on any atom is -0.497 e. The molecular formula is C12H14ClN3O4S. The fourth-order valence-electron chi connectivity index (χ4n) is 1.90. The van der Waals surface area contributed by atoms with Gasteiger partial charge < -0.3 is 9.47 Å². The summed E-state index contributed by atoms with van der Waals surface area (Å²) < 4.78 is 34.8. The molecule has 0 aliphatic heterocycles. The fraction of sp³-hybridized carbons (Fsp3) is 0.333. The van der Waals surface area contributed by atoms with Crippen LogP contribution in [0.15, 0.2) is 23.4 Å². The molecule has 0 unspecified atom stereocenters. The third-order valence-corrected chi connectivity index (χ3v) is 4.01. The quantitative estimate of drug-likeness (QED) is 0.778. The van der Waals surface area contributed by atoms with Crippen molar-refractivity contribution >= 4 is 19.7 Å². The maximum Gasteiger partial charge on any atom is 0.296 e. The molecule has 21 heavy (non-hydrogen) atoms. The predicted molar refractivity (Wildman–Crippen MR) is 77.3 cm³/mol. The van der Waals surface area contributed by atoms with Crippen molar-refractivity contribution in [2.45, 2.75) is 18.6 Å². The zero-order valence-corrected chi connectivity index (χ0v) is 13.3. The van der Waals surface area contributed by atoms with Gasteiger partial charge in [-0.1, -0.05) is 0 Å². The molecule has 0 saturated carbocycles. The van der Waals surface area contributed by atoms with Crippen molar-refractivity contribution in [1.82, 2.24) is 14.8 Å². The second-order valence-electron chi connectivity index (χ2n) is 4.09. The van der Waals surface area contributed by atoms with Crippen LogP contribution in [-0.4, -0.2) is 37.4 Å². The Bertz CT molecular complexity index is 736. The average Bonchev–Trinajstić information content (AvgIpc) is 2.90. The van der Waals surface area contributed by atoms with Gasteiger partial charge in [0.2, 0.25) is 0 Å². The summed E-state index contributed by atoms with van der Waals surface area (Å²) in [6.07, 6.45) is 0. The first-order valence-corrected chi connectivity index (χ1v) is 8.33. The summed E-state index contributed by atoms with van der Waals surface area (Å²) in [5.74, 6) is 1.49. The summed E-state index contributed by atoms with van der Waals surface area (Å²) >= 11 is 0. The number of rotatable bonds is 5. The summed E-state index contributed by atoms with van der Waals surface area (Å²) in [4.78, 5) is 0. The van der Waals surface area contributed by atoms with Gasteiger partial charge in [0, 0.05) is 28.9 Å². The van der Waals surface area contributed by atoms with Crippen molar-refractivity contribution < 1.29 is 17.9 Å². The van der Waals surface area contributed by atoms with Crippen LogP contribution < -0.4 is 9.47 Å². The van der Waals surface area contributed by atoms with Gasteiger partial charge in [-0.25, -0.2) is 8.42 Å². The molecule has 0 aliphatic rings. The summed E-state index contributed by atoms with van der Waals surface area (Å²) in [6, 6.07) is 5.13. The molecule has 0 spiro atoms. The van der Waals surface area contributed by atoms with Crippen molar-refractivity contribution in [3.05, 3.63) is 18.2 Å². The molecule has 9 heteroatoms. The first-order chi connectivity index (χ1) is 9.90. The van der Waals surface area contributed by atoms with Crippen molar-refractivity contribution in [1.29, 1.82) is 0 Å². The monoisotopic (exact) mass is 331 g/mol. The highest BCUT2D eigenvalue weighted by molar-refractivity contribution is 8.13. The number of ether oxygens (including phenoxy) is 2. The van der Waals surface area contributed by atoms with Crippen LogP contribution in [0.2, 0.25) is 0 Å². The molecule has 0 fully saturated rings. The highest BCUT2D eigenvalue weighted by Gasteiger charge is 2.23. The van der Waals surface area contributed by atoms with Gasteiger partial charge in [-0.05, 0) is 19.1 Å². The highest BCUT2D eigenvalue weighted by atomic mass is 35.7. The summed E-state index contributed by atoms with van der Waals surface area (Å²) in [7, 11) is 4.45. The van der Waals surface area contributed by atoms with E-state index >= 15 is 0 Å². The molecule has 114 valence electrons. The summed E-state index contributed by atoms with van der Waals surface area (Å²) in [5.41, 5.74) is 0.618. The zero-order valence-electron chi connectivity index (χ0n) is 11.7. The number of aromatic nitrogens is 3. The summed E-state index contributed by atoms with van der Waals surface area (Å²) in [5, 5.41) is 7.28. The van der Waals surface area contributed by atoms with Crippen molar-refractivity contribution in [2.24, 2.45) is 0 Å². The van der Waals surface area contributed by atoms with Crippen LogP contribution in [0.3, 0.4) is 0 Å². The zero-order chi connectivity index (χ0) is 15.6. The summed E-state index contributed by atoms with van der Waals surface area (Å²) in [6.45, 7) is 2.12. The van der Waals surface area contributed by atoms with Gasteiger partial charge in [0.15, 0.2) is 5.82 Å². The van der Waals surface area contributed by atoms with Gasteiger partial charge in [0.05, 0.1) is 14.2 Å². The van der Waals surface area contributed by atoms with E-state index < -0.39 is 9.05 Å². The predicted octanol–water partition coefficient (Wildman–Crippen LogP) is 1.91. The Morgan fingerprint density at radius 3 is 2.14 bits per heavy atom. The third kappa shape index (κ3) is 3.11. The molecule has 7 nitrogen and oxygen atoms in total. The number of hydrogen-bond donors (Lipinski definition) is 0. The van der Waals surface area contributed by atoms with Gasteiger partial charge in [-0.15, -0.1) is 10.2 Å². The molecule has 1 heterocycles. The molecule has 0 atom stereocenters. The van der Waals surface area contributed by atoms with Crippen LogP contribution in [0.25, 0.3) is 11.4 Å². The largest absolute Gasteiger partial charge is 0.497 e. The second kappa shape index (κ2) is 5.90. The molecule has 0 saturated heterocycles. The molecular weight excluding hydrogens is 318 g/mol. The maximum absolute atomic E-state index is 11.5. The van der Waals surface area contributed by atoms with Gasteiger partial charge in [-0.3, -0.25) is 4.57 Å². The standard InChI is InChI=1S/C12H14ClN3O4S/c1-4-16-11(14-15-12(16)21(13,17)18)8-5-9(19-2)7-10(6-8)20-3/h5-7H,4H2,1-3H3. The van der Waals surface area contributed by atoms with Crippen molar-refractivity contribution in [2.75, 3.05) is 14.2 Å². The van der Waals surface area contributed by atoms with Crippen LogP contribution in [0, 0.1) is 0 Å². The molecule has 2 rings (SSSR count). The second-order valence-corrected chi connectivity index (χ2v) is 6.55. The van der Waals surface area contributed by atoms with Crippen LogP contribution in [0.4, 0.5) is 0 Å². The van der Waals surface area contributed by atoms with Gasteiger partial charge in [0.1, 0.15) is 11.5 Å². The minimum absolute atomic E-state index is 0.288. The highest BCUT2D eigenvalue weighted by Crippen LogP contribution is 2.30. The van der Waals surface area contributed by atoms with E-state index in [4.69, 9.17) is 20.2 Å². The van der Waals surface area contributed by atoms with E-state index in [1.165, 1.54) is 18.8 Å². The topological polar surface area (TPSA) is 83.3 Å². The Morgan fingerprint density at radius 1 is 1.14 bits per heavy atom. The molecule has 1 aromatic heterocycles.